The summed E-state index contributed by atoms with van der Waals surface area (Å²) in [6.07, 6.45) is 4.30. The Kier molecular flexibility index (Phi) is 6.15. The lowest BCUT2D eigenvalue weighted by molar-refractivity contribution is -0.144. The molecule has 0 saturated carbocycles. The number of pyridine rings is 1. The lowest BCUT2D eigenvalue weighted by atomic mass is 9.97. The molecule has 2 aromatic carbocycles. The van der Waals surface area contributed by atoms with Crippen molar-refractivity contribution in [2.24, 2.45) is 0 Å². The maximum atomic E-state index is 13.5. The molecule has 0 radical (unpaired) electrons. The second kappa shape index (κ2) is 8.83. The van der Waals surface area contributed by atoms with Gasteiger partial charge in [-0.05, 0) is 82.0 Å². The number of aromatic nitrogens is 1. The van der Waals surface area contributed by atoms with E-state index in [0.717, 1.165) is 41.3 Å². The zero-order valence-electron chi connectivity index (χ0n) is 17.9. The van der Waals surface area contributed by atoms with Crippen LogP contribution in [0.15, 0.2) is 48.7 Å². The molecule has 1 amide bonds. The van der Waals surface area contributed by atoms with E-state index in [1.165, 1.54) is 12.1 Å². The molecule has 0 aliphatic carbocycles. The van der Waals surface area contributed by atoms with Crippen LogP contribution >= 0.6 is 11.6 Å². The number of hydrogen-bond acceptors (Lipinski definition) is 3. The maximum Gasteiger partial charge on any atom is 0.263 e. The van der Waals surface area contributed by atoms with Crippen molar-refractivity contribution >= 4 is 28.4 Å². The van der Waals surface area contributed by atoms with Crippen LogP contribution in [0.5, 0.6) is 5.75 Å². The first kappa shape index (κ1) is 21.6. The van der Waals surface area contributed by atoms with E-state index in [2.05, 4.69) is 18.8 Å². The van der Waals surface area contributed by atoms with Crippen molar-refractivity contribution in [3.63, 3.8) is 0 Å². The molecule has 1 fully saturated rings. The number of benzene rings is 2. The van der Waals surface area contributed by atoms with Crippen LogP contribution in [0.1, 0.15) is 40.0 Å². The summed E-state index contributed by atoms with van der Waals surface area (Å²) in [4.78, 5) is 19.4. The molecule has 6 heteroatoms. The maximum absolute atomic E-state index is 13.5. The summed E-state index contributed by atoms with van der Waals surface area (Å²) in [6, 6.07) is 12.2. The Hall–Kier alpha value is -2.66. The summed E-state index contributed by atoms with van der Waals surface area (Å²) < 4.78 is 19.5. The van der Waals surface area contributed by atoms with Gasteiger partial charge in [0.05, 0.1) is 10.5 Å². The van der Waals surface area contributed by atoms with Crippen molar-refractivity contribution in [1.29, 1.82) is 0 Å². The van der Waals surface area contributed by atoms with Crippen LogP contribution in [0, 0.1) is 5.82 Å². The Balaban J connectivity index is 1.59. The van der Waals surface area contributed by atoms with Crippen molar-refractivity contribution < 1.29 is 13.9 Å². The second-order valence-electron chi connectivity index (χ2n) is 8.30. The summed E-state index contributed by atoms with van der Waals surface area (Å²) in [5, 5.41) is 1.22. The van der Waals surface area contributed by atoms with Gasteiger partial charge in [0.15, 0.2) is 6.10 Å². The SMILES string of the molecule is CC1CCCC(C)N1C(=O)[C@@H](C)Oc1ccc2c(-c3ccc(F)cc3Cl)ccnc2c1. The Labute approximate surface area is 187 Å². The molecule has 2 heterocycles. The third-order valence-corrected chi connectivity index (χ3v) is 6.36. The fraction of sp³-hybridized carbons (Fsp3) is 0.360. The van der Waals surface area contributed by atoms with Crippen LogP contribution in [0.3, 0.4) is 0 Å². The number of halogens is 2. The van der Waals surface area contributed by atoms with E-state index in [1.807, 2.05) is 29.2 Å². The number of nitrogens with zero attached hydrogens (tertiary/aromatic N) is 2. The van der Waals surface area contributed by atoms with E-state index in [-0.39, 0.29) is 23.8 Å². The van der Waals surface area contributed by atoms with Crippen molar-refractivity contribution in [2.45, 2.75) is 58.2 Å². The van der Waals surface area contributed by atoms with E-state index < -0.39 is 6.10 Å². The van der Waals surface area contributed by atoms with Gasteiger partial charge in [-0.15, -0.1) is 0 Å². The normalized spacial score (nSPS) is 20.0. The first-order valence-electron chi connectivity index (χ1n) is 10.7. The largest absolute Gasteiger partial charge is 0.481 e. The Bertz CT molecular complexity index is 1110. The number of fused-ring (bicyclic) bond motifs is 1. The molecular formula is C25H26ClFN2O2. The Morgan fingerprint density at radius 2 is 1.87 bits per heavy atom. The third-order valence-electron chi connectivity index (χ3n) is 6.04. The first-order valence-corrected chi connectivity index (χ1v) is 11.1. The van der Waals surface area contributed by atoms with Crippen molar-refractivity contribution in [2.75, 3.05) is 0 Å². The molecule has 0 spiro atoms. The highest BCUT2D eigenvalue weighted by Gasteiger charge is 2.32. The number of carbonyl (C=O) groups is 1. The van der Waals surface area contributed by atoms with Crippen LogP contribution in [0.25, 0.3) is 22.0 Å². The Morgan fingerprint density at radius 3 is 2.58 bits per heavy atom. The summed E-state index contributed by atoms with van der Waals surface area (Å²) in [7, 11) is 0. The minimum Gasteiger partial charge on any atom is -0.481 e. The second-order valence-corrected chi connectivity index (χ2v) is 8.70. The highest BCUT2D eigenvalue weighted by Crippen LogP contribution is 2.34. The fourth-order valence-electron chi connectivity index (χ4n) is 4.46. The highest BCUT2D eigenvalue weighted by atomic mass is 35.5. The molecular weight excluding hydrogens is 415 g/mol. The number of ether oxygens (including phenoxy) is 1. The van der Waals surface area contributed by atoms with Gasteiger partial charge in [-0.1, -0.05) is 11.6 Å². The minimum atomic E-state index is -0.588. The average molecular weight is 441 g/mol. The van der Waals surface area contributed by atoms with Gasteiger partial charge in [0.2, 0.25) is 0 Å². The summed E-state index contributed by atoms with van der Waals surface area (Å²) in [5.41, 5.74) is 2.32. The molecule has 1 aromatic heterocycles. The predicted octanol–water partition coefficient (Wildman–Crippen LogP) is 6.25. The van der Waals surface area contributed by atoms with E-state index in [9.17, 15) is 9.18 Å². The number of carbonyl (C=O) groups excluding carboxylic acids is 1. The van der Waals surface area contributed by atoms with Gasteiger partial charge in [-0.2, -0.15) is 0 Å². The first-order chi connectivity index (χ1) is 14.8. The monoisotopic (exact) mass is 440 g/mol. The minimum absolute atomic E-state index is 0.0135. The van der Waals surface area contributed by atoms with Gasteiger partial charge in [0.1, 0.15) is 11.6 Å². The van der Waals surface area contributed by atoms with Crippen LogP contribution < -0.4 is 4.74 Å². The molecule has 31 heavy (non-hydrogen) atoms. The third kappa shape index (κ3) is 4.38. The lowest BCUT2D eigenvalue weighted by Gasteiger charge is -2.40. The molecule has 3 atom stereocenters. The van der Waals surface area contributed by atoms with Crippen LogP contribution in [0.2, 0.25) is 5.02 Å². The van der Waals surface area contributed by atoms with Gasteiger partial charge in [0.25, 0.3) is 5.91 Å². The van der Waals surface area contributed by atoms with Gasteiger partial charge in [-0.3, -0.25) is 9.78 Å². The van der Waals surface area contributed by atoms with E-state index >= 15 is 0 Å². The molecule has 0 bridgehead atoms. The van der Waals surface area contributed by atoms with E-state index in [4.69, 9.17) is 16.3 Å². The summed E-state index contributed by atoms with van der Waals surface area (Å²) in [5.74, 6) is 0.221. The van der Waals surface area contributed by atoms with Crippen molar-refractivity contribution in [3.05, 3.63) is 59.5 Å². The topological polar surface area (TPSA) is 42.4 Å². The molecule has 1 saturated heterocycles. The Morgan fingerprint density at radius 1 is 1.13 bits per heavy atom. The number of amides is 1. The number of hydrogen-bond donors (Lipinski definition) is 0. The molecule has 2 unspecified atom stereocenters. The molecule has 3 aromatic rings. The van der Waals surface area contributed by atoms with Crippen LogP contribution in [-0.2, 0) is 4.79 Å². The summed E-state index contributed by atoms with van der Waals surface area (Å²) >= 11 is 6.27. The van der Waals surface area contributed by atoms with Crippen LogP contribution in [0.4, 0.5) is 4.39 Å². The van der Waals surface area contributed by atoms with Crippen molar-refractivity contribution in [3.8, 4) is 16.9 Å². The predicted molar refractivity (Wildman–Crippen MR) is 122 cm³/mol. The molecule has 1 aliphatic heterocycles. The molecule has 4 rings (SSSR count). The molecule has 1 aliphatic rings. The lowest BCUT2D eigenvalue weighted by Crippen LogP contribution is -2.51. The highest BCUT2D eigenvalue weighted by molar-refractivity contribution is 6.33. The van der Waals surface area contributed by atoms with Gasteiger partial charge >= 0.3 is 0 Å². The number of likely N-dealkylation sites (tertiary alicyclic amines) is 1. The number of piperidine rings is 1. The smallest absolute Gasteiger partial charge is 0.263 e. The zero-order chi connectivity index (χ0) is 22.1. The zero-order valence-corrected chi connectivity index (χ0v) is 18.7. The van der Waals surface area contributed by atoms with Gasteiger partial charge < -0.3 is 9.64 Å². The average Bonchev–Trinajstić information content (AvgIpc) is 2.73. The fourth-order valence-corrected chi connectivity index (χ4v) is 4.73. The molecule has 4 nitrogen and oxygen atoms in total. The number of rotatable bonds is 4. The molecule has 162 valence electrons. The van der Waals surface area contributed by atoms with Crippen molar-refractivity contribution in [1.82, 2.24) is 9.88 Å². The standard InChI is InChI=1S/C25H26ClFN2O2/c1-15-5-4-6-16(2)29(15)25(30)17(3)31-19-8-10-22-20(11-12-28-24(22)14-19)21-9-7-18(27)13-23(21)26/h7-17H,4-6H2,1-3H3/t15?,16?,17-/m1/s1. The molecule has 0 N–H and O–H groups in total. The quantitative estimate of drug-likeness (QED) is 0.481. The van der Waals surface area contributed by atoms with Gasteiger partial charge in [0, 0.05) is 35.3 Å². The van der Waals surface area contributed by atoms with E-state index in [0.29, 0.717) is 10.8 Å². The van der Waals surface area contributed by atoms with Gasteiger partial charge in [-0.25, -0.2) is 4.39 Å². The summed E-state index contributed by atoms with van der Waals surface area (Å²) in [6.45, 7) is 5.99. The van der Waals surface area contributed by atoms with Crippen LogP contribution in [-0.4, -0.2) is 34.0 Å². The van der Waals surface area contributed by atoms with E-state index in [1.54, 1.807) is 19.2 Å².